The third-order valence-corrected chi connectivity index (χ3v) is 7.16. The lowest BCUT2D eigenvalue weighted by atomic mass is 9.94. The number of amides is 1. The first-order valence-electron chi connectivity index (χ1n) is 12.5. The molecule has 4 aromatic carbocycles. The van der Waals surface area contributed by atoms with Crippen molar-refractivity contribution in [2.75, 3.05) is 6.61 Å². The lowest BCUT2D eigenvalue weighted by Gasteiger charge is -2.19. The predicted molar refractivity (Wildman–Crippen MR) is 140 cm³/mol. The standard InChI is InChI=1S/C31H23NO7/c33-29(17-27-23-13-5-1-9-19(23)20-10-2-6-14-24(20)27)38-32(30(34)35)39-31(36)37-18-28-25-15-7-3-11-21(25)22-12-4-8-16-26(22)28/h1-16,27-28H,17-18H2,(H,34,35). The number of fused-ring (bicyclic) bond motifs is 6. The number of hydrogen-bond acceptors (Lipinski definition) is 6. The van der Waals surface area contributed by atoms with E-state index in [2.05, 4.69) is 0 Å². The van der Waals surface area contributed by atoms with Crippen LogP contribution in [-0.2, 0) is 19.2 Å². The fourth-order valence-corrected chi connectivity index (χ4v) is 5.56. The van der Waals surface area contributed by atoms with Crippen LogP contribution >= 0.6 is 0 Å². The Hall–Kier alpha value is -5.11. The van der Waals surface area contributed by atoms with Crippen molar-refractivity contribution in [1.82, 2.24) is 5.23 Å². The second-order valence-electron chi connectivity index (χ2n) is 9.31. The molecule has 2 aliphatic rings. The summed E-state index contributed by atoms with van der Waals surface area (Å²) in [6.45, 7) is -0.0795. The van der Waals surface area contributed by atoms with Gasteiger partial charge in [-0.1, -0.05) is 97.1 Å². The van der Waals surface area contributed by atoms with Crippen LogP contribution in [0.1, 0.15) is 40.5 Å². The Morgan fingerprint density at radius 2 is 1.03 bits per heavy atom. The Bertz CT molecular complexity index is 1510. The zero-order chi connectivity index (χ0) is 26.9. The van der Waals surface area contributed by atoms with Crippen LogP contribution in [0.25, 0.3) is 22.3 Å². The lowest BCUT2D eigenvalue weighted by molar-refractivity contribution is -0.290. The van der Waals surface area contributed by atoms with Crippen molar-refractivity contribution in [3.63, 3.8) is 0 Å². The van der Waals surface area contributed by atoms with Gasteiger partial charge < -0.3 is 14.7 Å². The molecule has 0 saturated carbocycles. The molecule has 194 valence electrons. The molecule has 0 radical (unpaired) electrons. The highest BCUT2D eigenvalue weighted by Gasteiger charge is 2.33. The molecule has 0 unspecified atom stereocenters. The normalized spacial score (nSPS) is 13.0. The van der Waals surface area contributed by atoms with Crippen molar-refractivity contribution in [3.05, 3.63) is 119 Å². The van der Waals surface area contributed by atoms with Gasteiger partial charge in [-0.2, -0.15) is 0 Å². The second kappa shape index (κ2) is 9.98. The molecule has 2 aliphatic carbocycles. The van der Waals surface area contributed by atoms with Gasteiger partial charge in [0.2, 0.25) is 0 Å². The van der Waals surface area contributed by atoms with Gasteiger partial charge in [0.1, 0.15) is 6.61 Å². The van der Waals surface area contributed by atoms with E-state index in [0.717, 1.165) is 44.5 Å². The van der Waals surface area contributed by atoms with Gasteiger partial charge >= 0.3 is 18.2 Å². The Morgan fingerprint density at radius 3 is 1.46 bits per heavy atom. The van der Waals surface area contributed by atoms with Crippen LogP contribution in [0.2, 0.25) is 0 Å². The average Bonchev–Trinajstić information content (AvgIpc) is 3.44. The van der Waals surface area contributed by atoms with E-state index in [1.54, 1.807) is 0 Å². The molecule has 39 heavy (non-hydrogen) atoms. The van der Waals surface area contributed by atoms with Crippen LogP contribution in [0.15, 0.2) is 97.1 Å². The maximum absolute atomic E-state index is 12.8. The highest BCUT2D eigenvalue weighted by molar-refractivity contribution is 5.83. The van der Waals surface area contributed by atoms with Gasteiger partial charge in [-0.05, 0) is 44.5 Å². The van der Waals surface area contributed by atoms with Gasteiger partial charge in [0.25, 0.3) is 0 Å². The van der Waals surface area contributed by atoms with E-state index in [1.807, 2.05) is 97.1 Å². The fraction of sp³-hybridized carbons (Fsp3) is 0.129. The number of carboxylic acid groups (broad SMARTS) is 1. The zero-order valence-corrected chi connectivity index (χ0v) is 20.7. The summed E-state index contributed by atoms with van der Waals surface area (Å²) >= 11 is 0. The van der Waals surface area contributed by atoms with E-state index in [1.165, 1.54) is 0 Å². The topological polar surface area (TPSA) is 102 Å². The first-order chi connectivity index (χ1) is 19.0. The number of rotatable bonds is 4. The van der Waals surface area contributed by atoms with Crippen LogP contribution in [-0.4, -0.2) is 35.2 Å². The number of hydrogen-bond donors (Lipinski definition) is 1. The zero-order valence-electron chi connectivity index (χ0n) is 20.7. The molecular weight excluding hydrogens is 498 g/mol. The maximum Gasteiger partial charge on any atom is 0.536 e. The summed E-state index contributed by atoms with van der Waals surface area (Å²) in [4.78, 5) is 46.6. The molecule has 0 aromatic heterocycles. The second-order valence-corrected chi connectivity index (χ2v) is 9.31. The van der Waals surface area contributed by atoms with Crippen molar-refractivity contribution in [1.29, 1.82) is 0 Å². The van der Waals surface area contributed by atoms with E-state index in [4.69, 9.17) is 14.4 Å². The van der Waals surface area contributed by atoms with E-state index < -0.39 is 18.2 Å². The van der Waals surface area contributed by atoms with Gasteiger partial charge in [-0.15, -0.1) is 0 Å². The molecule has 8 heteroatoms. The molecule has 0 fully saturated rings. The maximum atomic E-state index is 12.8. The fourth-order valence-electron chi connectivity index (χ4n) is 5.56. The van der Waals surface area contributed by atoms with Crippen molar-refractivity contribution >= 4 is 18.2 Å². The van der Waals surface area contributed by atoms with Crippen molar-refractivity contribution in [2.24, 2.45) is 0 Å². The quantitative estimate of drug-likeness (QED) is 0.241. The van der Waals surface area contributed by atoms with Crippen LogP contribution in [0.4, 0.5) is 9.59 Å². The summed E-state index contributed by atoms with van der Waals surface area (Å²) in [5.74, 6) is -1.44. The first kappa shape index (κ1) is 24.2. The SMILES string of the molecule is O=C(CC1c2ccccc2-c2ccccc21)ON(OC(=O)OCC1c2ccccc2-c2ccccc21)C(=O)O. The molecule has 0 bridgehead atoms. The molecule has 8 nitrogen and oxygen atoms in total. The van der Waals surface area contributed by atoms with Crippen LogP contribution in [0.5, 0.6) is 0 Å². The van der Waals surface area contributed by atoms with E-state index in [0.29, 0.717) is 0 Å². The summed E-state index contributed by atoms with van der Waals surface area (Å²) < 4.78 is 5.27. The third kappa shape index (κ3) is 4.46. The Labute approximate surface area is 223 Å². The molecule has 1 amide bonds. The summed E-state index contributed by atoms with van der Waals surface area (Å²) in [6, 6.07) is 31.0. The molecule has 0 aliphatic heterocycles. The van der Waals surface area contributed by atoms with Crippen LogP contribution in [0.3, 0.4) is 0 Å². The average molecular weight is 522 g/mol. The van der Waals surface area contributed by atoms with E-state index in [9.17, 15) is 19.5 Å². The molecule has 4 aromatic rings. The van der Waals surface area contributed by atoms with Gasteiger partial charge in [0.15, 0.2) is 0 Å². The number of carbonyl (C=O) groups is 3. The van der Waals surface area contributed by atoms with Crippen molar-refractivity contribution in [3.8, 4) is 22.3 Å². The summed E-state index contributed by atoms with van der Waals surface area (Å²) in [6.07, 6.45) is -3.22. The first-order valence-corrected chi connectivity index (χ1v) is 12.5. The summed E-state index contributed by atoms with van der Waals surface area (Å²) in [7, 11) is 0. The summed E-state index contributed by atoms with van der Waals surface area (Å²) in [5.41, 5.74) is 7.98. The molecular formula is C31H23NO7. The molecule has 0 spiro atoms. The largest absolute Gasteiger partial charge is 0.536 e. The molecule has 0 heterocycles. The third-order valence-electron chi connectivity index (χ3n) is 7.16. The minimum Gasteiger partial charge on any atom is -0.461 e. The van der Waals surface area contributed by atoms with E-state index >= 15 is 0 Å². The monoisotopic (exact) mass is 521 g/mol. The molecule has 0 atom stereocenters. The Balaban J connectivity index is 1.11. The molecule has 0 saturated heterocycles. The summed E-state index contributed by atoms with van der Waals surface area (Å²) in [5, 5.41) is 9.34. The number of carbonyl (C=O) groups excluding carboxylic acids is 2. The van der Waals surface area contributed by atoms with Gasteiger partial charge in [0, 0.05) is 11.8 Å². The lowest BCUT2D eigenvalue weighted by Crippen LogP contribution is -2.35. The van der Waals surface area contributed by atoms with Gasteiger partial charge in [0.05, 0.1) is 11.6 Å². The molecule has 6 rings (SSSR count). The van der Waals surface area contributed by atoms with Crippen molar-refractivity contribution < 1.29 is 33.9 Å². The number of hydroxylamine groups is 2. The number of nitrogens with zero attached hydrogens (tertiary/aromatic N) is 1. The van der Waals surface area contributed by atoms with Crippen LogP contribution < -0.4 is 0 Å². The number of ether oxygens (including phenoxy) is 1. The Kier molecular flexibility index (Phi) is 6.20. The number of benzene rings is 4. The highest BCUT2D eigenvalue weighted by atomic mass is 17.0. The minimum atomic E-state index is -1.77. The predicted octanol–water partition coefficient (Wildman–Crippen LogP) is 6.51. The minimum absolute atomic E-state index is 0.0795. The highest BCUT2D eigenvalue weighted by Crippen LogP contribution is 2.46. The van der Waals surface area contributed by atoms with Gasteiger partial charge in [-0.25, -0.2) is 14.4 Å². The van der Waals surface area contributed by atoms with Crippen LogP contribution in [0, 0.1) is 0 Å². The smallest absolute Gasteiger partial charge is 0.461 e. The van der Waals surface area contributed by atoms with E-state index in [-0.39, 0.29) is 30.1 Å². The Morgan fingerprint density at radius 1 is 0.615 bits per heavy atom. The van der Waals surface area contributed by atoms with Gasteiger partial charge in [-0.3, -0.25) is 4.84 Å². The molecule has 1 N–H and O–H groups in total. The van der Waals surface area contributed by atoms with Crippen molar-refractivity contribution in [2.45, 2.75) is 18.3 Å².